The number of carboxylic acid groups (broad SMARTS) is 2. The maximum absolute atomic E-state index is 14.4. The Bertz CT molecular complexity index is 3770. The molecule has 3 atom stereocenters. The van der Waals surface area contributed by atoms with Gasteiger partial charge in [0.2, 0.25) is 0 Å². The van der Waals surface area contributed by atoms with Crippen LogP contribution in [0.1, 0.15) is 146 Å². The molecule has 0 spiro atoms. The van der Waals surface area contributed by atoms with E-state index in [1.54, 1.807) is 43.3 Å². The molecule has 3 unspecified atom stereocenters. The lowest BCUT2D eigenvalue weighted by Gasteiger charge is -2.28. The van der Waals surface area contributed by atoms with E-state index in [2.05, 4.69) is 16.0 Å². The highest BCUT2D eigenvalue weighted by molar-refractivity contribution is 6.03. The molecule has 0 bridgehead atoms. The Hall–Kier alpha value is -8.80. The van der Waals surface area contributed by atoms with Gasteiger partial charge in [-0.1, -0.05) is 91.7 Å². The zero-order valence-corrected chi connectivity index (χ0v) is 49.6. The summed E-state index contributed by atoms with van der Waals surface area (Å²) in [6.07, 6.45) is 3.51. The lowest BCUT2D eigenvalue weighted by molar-refractivity contribution is -0.150. The number of nitrogens with one attached hydrogen (secondary N) is 3. The minimum absolute atomic E-state index is 0.00327. The average molecular weight is 1190 g/mol. The number of benzene rings is 6. The highest BCUT2D eigenvalue weighted by atomic mass is 19.2. The van der Waals surface area contributed by atoms with E-state index in [-0.39, 0.29) is 61.8 Å². The Kier molecular flexibility index (Phi) is 19.7. The molecule has 0 saturated carbocycles. The molecule has 6 aromatic carbocycles. The minimum atomic E-state index is -1.72. The Morgan fingerprint density at radius 3 is 1.20 bits per heavy atom. The number of halogens is 6. The van der Waals surface area contributed by atoms with Crippen LogP contribution in [0, 0.1) is 61.6 Å². The summed E-state index contributed by atoms with van der Waals surface area (Å²) in [4.78, 5) is 76.2. The number of carbonyl (C=O) groups is 6. The Morgan fingerprint density at radius 1 is 0.500 bits per heavy atom. The Morgan fingerprint density at radius 2 is 0.837 bits per heavy atom. The number of fused-ring (bicyclic) bond motifs is 3. The van der Waals surface area contributed by atoms with Gasteiger partial charge in [0, 0.05) is 55.2 Å². The molecule has 3 amide bonds. The maximum Gasteiger partial charge on any atom is 0.332 e. The van der Waals surface area contributed by atoms with Crippen LogP contribution in [0.15, 0.2) is 102 Å². The van der Waals surface area contributed by atoms with Gasteiger partial charge in [-0.05, 0) is 171 Å². The number of ether oxygens (including phenoxy) is 1. The summed E-state index contributed by atoms with van der Waals surface area (Å²) in [6.45, 7) is 19.2. The number of esters is 1. The van der Waals surface area contributed by atoms with Gasteiger partial charge in [-0.3, -0.25) is 14.4 Å². The number of hydrogen-bond donors (Lipinski definition) is 5. The first-order valence-electron chi connectivity index (χ1n) is 28.0. The van der Waals surface area contributed by atoms with Crippen molar-refractivity contribution in [1.82, 2.24) is 16.0 Å². The lowest BCUT2D eigenvalue weighted by atomic mass is 9.91. The van der Waals surface area contributed by atoms with Gasteiger partial charge in [0.1, 0.15) is 16.6 Å². The van der Waals surface area contributed by atoms with Crippen molar-refractivity contribution >= 4 is 47.8 Å². The third kappa shape index (κ3) is 13.6. The molecule has 3 aliphatic carbocycles. The second-order valence-electron chi connectivity index (χ2n) is 23.2. The molecular weight excluding hydrogens is 1120 g/mol. The second-order valence-corrected chi connectivity index (χ2v) is 23.2. The second kappa shape index (κ2) is 26.2. The first-order chi connectivity index (χ1) is 40.5. The number of amides is 3. The molecule has 9 rings (SSSR count). The fourth-order valence-electron chi connectivity index (χ4n) is 11.3. The summed E-state index contributed by atoms with van der Waals surface area (Å²) in [7, 11) is 0. The van der Waals surface area contributed by atoms with Crippen molar-refractivity contribution in [2.75, 3.05) is 6.61 Å². The van der Waals surface area contributed by atoms with Crippen LogP contribution in [0.25, 0.3) is 12.2 Å². The zero-order chi connectivity index (χ0) is 63.3. The first-order valence-corrected chi connectivity index (χ1v) is 28.0. The predicted molar refractivity (Wildman–Crippen MR) is 315 cm³/mol. The van der Waals surface area contributed by atoms with Gasteiger partial charge < -0.3 is 30.9 Å². The molecule has 5 N–H and O–H groups in total. The SMILES string of the molecule is CC(C)=Cc1c(C)cccc1C(=O)NC1(C(=O)O)Cc2ccc(F)c(F)c2C1.CCOC(=O)C1(NC(=O)c2cccc(C)c2C=C(C)C)Cc2ccc(F)c(F)c2C1.Cc1cccc(C(=O)NC2(C(=O)O)Cc3ccc(F)c(F)c3C2)c1CC(C)C. The van der Waals surface area contributed by atoms with E-state index in [4.69, 9.17) is 4.74 Å². The van der Waals surface area contributed by atoms with E-state index >= 15 is 0 Å². The highest BCUT2D eigenvalue weighted by Crippen LogP contribution is 2.38. The van der Waals surface area contributed by atoms with Gasteiger partial charge >= 0.3 is 17.9 Å². The standard InChI is InChI=1S/C24H25F2NO3.C22H23F2NO3.C22H21F2NO3/c1-5-30-23(29)24(12-16-9-10-20(25)21(26)19(16)13-24)27-22(28)17-8-6-7-15(4)18(17)11-14(2)3;2*1-12(2)9-16-13(3)5-4-6-15(16)20(26)25-22(21(27)28)10-14-7-8-18(23)19(24)17(14)11-22/h6-11H,5,12-13H2,1-4H3,(H,27,28);4-8,12H,9-11H2,1-3H3,(H,25,26)(H,27,28);4-9H,10-11H2,1-3H3,(H,25,26)(H,27,28). The van der Waals surface area contributed by atoms with Crippen LogP contribution < -0.4 is 16.0 Å². The lowest BCUT2D eigenvalue weighted by Crippen LogP contribution is -2.56. The number of allylic oxidation sites excluding steroid dienone is 2. The summed E-state index contributed by atoms with van der Waals surface area (Å²) in [5, 5.41) is 27.6. The van der Waals surface area contributed by atoms with Crippen LogP contribution in [-0.4, -0.2) is 69.1 Å². The van der Waals surface area contributed by atoms with Crippen molar-refractivity contribution in [3.8, 4) is 0 Å². The summed E-state index contributed by atoms with van der Waals surface area (Å²) < 4.78 is 88.7. The number of aryl methyl sites for hydroxylation is 3. The average Bonchev–Trinajstić information content (AvgIpc) is 1.88. The molecule has 0 heterocycles. The molecule has 18 heteroatoms. The monoisotopic (exact) mass is 1190 g/mol. The van der Waals surface area contributed by atoms with Crippen molar-refractivity contribution < 1.29 is 70.1 Å². The quantitative estimate of drug-likeness (QED) is 0.0522. The van der Waals surface area contributed by atoms with Crippen LogP contribution in [0.3, 0.4) is 0 Å². The number of hydrogen-bond acceptors (Lipinski definition) is 7. The molecule has 3 aliphatic rings. The van der Waals surface area contributed by atoms with Gasteiger partial charge in [0.05, 0.1) is 6.61 Å². The molecule has 0 aliphatic heterocycles. The molecule has 86 heavy (non-hydrogen) atoms. The van der Waals surface area contributed by atoms with Crippen LogP contribution in [0.5, 0.6) is 0 Å². The van der Waals surface area contributed by atoms with E-state index in [0.717, 1.165) is 57.2 Å². The normalized spacial score (nSPS) is 17.7. The number of aliphatic carboxylic acids is 2. The summed E-state index contributed by atoms with van der Waals surface area (Å²) in [5.74, 6) is -10.6. The van der Waals surface area contributed by atoms with E-state index in [9.17, 15) is 65.3 Å². The highest BCUT2D eigenvalue weighted by Gasteiger charge is 2.50. The van der Waals surface area contributed by atoms with Crippen molar-refractivity contribution in [1.29, 1.82) is 0 Å². The zero-order valence-electron chi connectivity index (χ0n) is 49.6. The van der Waals surface area contributed by atoms with Crippen molar-refractivity contribution in [3.05, 3.63) is 220 Å². The van der Waals surface area contributed by atoms with Crippen molar-refractivity contribution in [3.63, 3.8) is 0 Å². The van der Waals surface area contributed by atoms with Gasteiger partial charge in [0.15, 0.2) is 34.9 Å². The number of carbonyl (C=O) groups excluding carboxylic acids is 4. The van der Waals surface area contributed by atoms with Crippen LogP contribution in [0.2, 0.25) is 0 Å². The summed E-state index contributed by atoms with van der Waals surface area (Å²) in [6, 6.07) is 23.0. The molecule has 0 aromatic heterocycles. The third-order valence-corrected chi connectivity index (χ3v) is 15.6. The third-order valence-electron chi connectivity index (χ3n) is 15.6. The van der Waals surface area contributed by atoms with Gasteiger partial charge in [-0.15, -0.1) is 0 Å². The molecule has 0 fully saturated rings. The fourth-order valence-corrected chi connectivity index (χ4v) is 11.3. The maximum atomic E-state index is 14.4. The van der Waals surface area contributed by atoms with E-state index < -0.39 is 87.1 Å². The van der Waals surface area contributed by atoms with Crippen LogP contribution in [-0.2, 0) is 64.1 Å². The topological polar surface area (TPSA) is 188 Å². The smallest absolute Gasteiger partial charge is 0.332 e. The number of carboxylic acids is 2. The molecule has 0 saturated heterocycles. The van der Waals surface area contributed by atoms with Crippen molar-refractivity contribution in [2.24, 2.45) is 5.92 Å². The largest absolute Gasteiger partial charge is 0.479 e. The Labute approximate surface area is 495 Å². The molecule has 12 nitrogen and oxygen atoms in total. The van der Waals surface area contributed by atoms with Gasteiger partial charge in [0.25, 0.3) is 17.7 Å². The molecular formula is C68H69F6N3O9. The first kappa shape index (κ1) is 64.8. The van der Waals surface area contributed by atoms with Gasteiger partial charge in [-0.25, -0.2) is 40.7 Å². The molecule has 452 valence electrons. The fraction of sp³-hybridized carbons (Fsp3) is 0.324. The van der Waals surface area contributed by atoms with Crippen LogP contribution in [0.4, 0.5) is 26.3 Å². The van der Waals surface area contributed by atoms with E-state index in [0.29, 0.717) is 51.3 Å². The minimum Gasteiger partial charge on any atom is -0.479 e. The molecule has 6 aromatic rings. The van der Waals surface area contributed by atoms with E-state index in [1.807, 2.05) is 92.7 Å². The van der Waals surface area contributed by atoms with Crippen LogP contribution >= 0.6 is 0 Å². The predicted octanol–water partition coefficient (Wildman–Crippen LogP) is 12.4. The Balaban J connectivity index is 0.000000185. The summed E-state index contributed by atoms with van der Waals surface area (Å²) in [5.41, 5.74) is 4.67. The van der Waals surface area contributed by atoms with Gasteiger partial charge in [-0.2, -0.15) is 0 Å². The molecule has 0 radical (unpaired) electrons. The number of rotatable bonds is 14. The summed E-state index contributed by atoms with van der Waals surface area (Å²) >= 11 is 0. The van der Waals surface area contributed by atoms with Crippen molar-refractivity contribution in [2.45, 2.75) is 131 Å². The van der Waals surface area contributed by atoms with E-state index in [1.165, 1.54) is 18.2 Å².